The molecule has 3 heteroatoms. The summed E-state index contributed by atoms with van der Waals surface area (Å²) in [6.07, 6.45) is 0.923. The minimum atomic E-state index is 0.0802. The molecule has 0 saturated heterocycles. The Bertz CT molecular complexity index is 371. The lowest BCUT2D eigenvalue weighted by atomic mass is 10.1. The lowest BCUT2D eigenvalue weighted by Gasteiger charge is -2.05. The number of ether oxygens (including phenoxy) is 1. The molecule has 68 valence electrons. The van der Waals surface area contributed by atoms with Gasteiger partial charge in [0.25, 0.3) is 0 Å². The molecule has 13 heavy (non-hydrogen) atoms. The molecule has 0 fully saturated rings. The van der Waals surface area contributed by atoms with Crippen molar-refractivity contribution >= 4 is 28.4 Å². The van der Waals surface area contributed by atoms with E-state index < -0.39 is 0 Å². The first-order chi connectivity index (χ1) is 6.18. The van der Waals surface area contributed by atoms with Gasteiger partial charge in [-0.25, -0.2) is 0 Å². The average Bonchev–Trinajstić information content (AvgIpc) is 2.49. The molecule has 0 N–H and O–H groups in total. The number of halogens is 1. The highest BCUT2D eigenvalue weighted by molar-refractivity contribution is 14.1. The van der Waals surface area contributed by atoms with Crippen molar-refractivity contribution in [1.29, 1.82) is 0 Å². The second-order valence-electron chi connectivity index (χ2n) is 3.10. The zero-order chi connectivity index (χ0) is 9.42. The van der Waals surface area contributed by atoms with Crippen molar-refractivity contribution in [2.24, 2.45) is 0 Å². The number of rotatable bonds is 1. The number of hydrogen-bond donors (Lipinski definition) is 0. The number of carbonyl (C=O) groups is 1. The van der Waals surface area contributed by atoms with E-state index in [1.807, 2.05) is 6.07 Å². The molecule has 2 rings (SSSR count). The second-order valence-corrected chi connectivity index (χ2v) is 4.34. The molecule has 2 nitrogen and oxygen atoms in total. The Hall–Kier alpha value is -0.580. The van der Waals surface area contributed by atoms with Crippen LogP contribution in [-0.2, 0) is 6.42 Å². The molecule has 0 radical (unpaired) electrons. The molecule has 1 aliphatic rings. The van der Waals surface area contributed by atoms with Crippen molar-refractivity contribution in [1.82, 2.24) is 0 Å². The van der Waals surface area contributed by atoms with Gasteiger partial charge in [0, 0.05) is 9.99 Å². The SMILES string of the molecule is CC(=O)c1cc(I)cc2c1OCC2. The highest BCUT2D eigenvalue weighted by atomic mass is 127. The molecule has 0 unspecified atom stereocenters. The summed E-state index contributed by atoms with van der Waals surface area (Å²) in [5, 5.41) is 0. The molecule has 1 aromatic rings. The van der Waals surface area contributed by atoms with Gasteiger partial charge in [-0.2, -0.15) is 0 Å². The van der Waals surface area contributed by atoms with E-state index in [0.29, 0.717) is 6.61 Å². The molecule has 1 aromatic carbocycles. The summed E-state index contributed by atoms with van der Waals surface area (Å²) in [6.45, 7) is 2.28. The van der Waals surface area contributed by atoms with E-state index in [2.05, 4.69) is 28.7 Å². The van der Waals surface area contributed by atoms with E-state index in [9.17, 15) is 4.79 Å². The van der Waals surface area contributed by atoms with Crippen molar-refractivity contribution in [3.63, 3.8) is 0 Å². The van der Waals surface area contributed by atoms with Crippen LogP contribution in [0.25, 0.3) is 0 Å². The molecular formula is C10H9IO2. The Labute approximate surface area is 90.4 Å². The van der Waals surface area contributed by atoms with Crippen LogP contribution in [-0.4, -0.2) is 12.4 Å². The van der Waals surface area contributed by atoms with Gasteiger partial charge in [-0.05, 0) is 47.2 Å². The maximum atomic E-state index is 11.3. The van der Waals surface area contributed by atoms with Gasteiger partial charge in [-0.3, -0.25) is 4.79 Å². The molecule has 0 amide bonds. The predicted molar refractivity (Wildman–Crippen MR) is 58.4 cm³/mol. The van der Waals surface area contributed by atoms with Crippen molar-refractivity contribution in [3.8, 4) is 5.75 Å². The van der Waals surface area contributed by atoms with Crippen LogP contribution in [0, 0.1) is 3.57 Å². The van der Waals surface area contributed by atoms with Crippen LogP contribution >= 0.6 is 22.6 Å². The van der Waals surface area contributed by atoms with Crippen LogP contribution in [0.2, 0.25) is 0 Å². The van der Waals surface area contributed by atoms with Crippen LogP contribution < -0.4 is 4.74 Å². The van der Waals surface area contributed by atoms with E-state index in [-0.39, 0.29) is 5.78 Å². The summed E-state index contributed by atoms with van der Waals surface area (Å²) in [7, 11) is 0. The van der Waals surface area contributed by atoms with Crippen LogP contribution in [0.15, 0.2) is 12.1 Å². The quantitative estimate of drug-likeness (QED) is 0.586. The van der Waals surface area contributed by atoms with E-state index in [0.717, 1.165) is 26.9 Å². The smallest absolute Gasteiger partial charge is 0.163 e. The Morgan fingerprint density at radius 1 is 1.54 bits per heavy atom. The summed E-state index contributed by atoms with van der Waals surface area (Å²) in [4.78, 5) is 11.3. The monoisotopic (exact) mass is 288 g/mol. The second kappa shape index (κ2) is 3.29. The minimum absolute atomic E-state index is 0.0802. The molecule has 1 heterocycles. The van der Waals surface area contributed by atoms with Crippen LogP contribution in [0.4, 0.5) is 0 Å². The van der Waals surface area contributed by atoms with Gasteiger partial charge in [-0.15, -0.1) is 0 Å². The molecule has 0 bridgehead atoms. The maximum absolute atomic E-state index is 11.3. The topological polar surface area (TPSA) is 26.3 Å². The molecule has 0 aromatic heterocycles. The Kier molecular flexibility index (Phi) is 2.27. The fraction of sp³-hybridized carbons (Fsp3) is 0.300. The van der Waals surface area contributed by atoms with Crippen molar-refractivity contribution in [2.75, 3.05) is 6.61 Å². The zero-order valence-corrected chi connectivity index (χ0v) is 9.42. The molecule has 0 spiro atoms. The van der Waals surface area contributed by atoms with Crippen molar-refractivity contribution in [2.45, 2.75) is 13.3 Å². The number of carbonyl (C=O) groups excluding carboxylic acids is 1. The Morgan fingerprint density at radius 2 is 2.31 bits per heavy atom. The summed E-state index contributed by atoms with van der Waals surface area (Å²) in [5.41, 5.74) is 1.89. The number of ketones is 1. The first-order valence-corrected chi connectivity index (χ1v) is 5.22. The molecule has 1 aliphatic heterocycles. The van der Waals surface area contributed by atoms with Gasteiger partial charge in [0.15, 0.2) is 5.78 Å². The Balaban J connectivity index is 2.62. The predicted octanol–water partition coefficient (Wildman–Crippen LogP) is 2.43. The summed E-state index contributed by atoms with van der Waals surface area (Å²) in [6, 6.07) is 3.96. The lowest BCUT2D eigenvalue weighted by Crippen LogP contribution is -1.97. The third-order valence-corrected chi connectivity index (χ3v) is 2.75. The fourth-order valence-corrected chi connectivity index (χ4v) is 2.22. The summed E-state index contributed by atoms with van der Waals surface area (Å²) < 4.78 is 6.53. The largest absolute Gasteiger partial charge is 0.492 e. The van der Waals surface area contributed by atoms with Crippen LogP contribution in [0.3, 0.4) is 0 Å². The number of benzene rings is 1. The number of Topliss-reactive ketones (excluding diaryl/α,β-unsaturated/α-hetero) is 1. The van der Waals surface area contributed by atoms with E-state index in [1.54, 1.807) is 6.92 Å². The van der Waals surface area contributed by atoms with Gasteiger partial charge in [0.05, 0.1) is 12.2 Å². The average molecular weight is 288 g/mol. The summed E-state index contributed by atoms with van der Waals surface area (Å²) >= 11 is 2.22. The summed E-state index contributed by atoms with van der Waals surface area (Å²) in [5.74, 6) is 0.879. The third kappa shape index (κ3) is 1.57. The van der Waals surface area contributed by atoms with E-state index >= 15 is 0 Å². The van der Waals surface area contributed by atoms with Crippen molar-refractivity contribution in [3.05, 3.63) is 26.8 Å². The lowest BCUT2D eigenvalue weighted by molar-refractivity contribution is 0.101. The molecule has 0 atom stereocenters. The first-order valence-electron chi connectivity index (χ1n) is 4.14. The Morgan fingerprint density at radius 3 is 3.00 bits per heavy atom. The third-order valence-electron chi connectivity index (χ3n) is 2.13. The molecule has 0 saturated carbocycles. The first kappa shape index (κ1) is 8.99. The van der Waals surface area contributed by atoms with Gasteiger partial charge in [-0.1, -0.05) is 0 Å². The van der Waals surface area contributed by atoms with E-state index in [4.69, 9.17) is 4.74 Å². The normalized spacial score (nSPS) is 13.7. The highest BCUT2D eigenvalue weighted by Crippen LogP contribution is 2.31. The minimum Gasteiger partial charge on any atom is -0.492 e. The van der Waals surface area contributed by atoms with Gasteiger partial charge in [0.1, 0.15) is 5.75 Å². The van der Waals surface area contributed by atoms with E-state index in [1.165, 1.54) is 0 Å². The standard InChI is InChI=1S/C10H9IO2/c1-6(12)9-5-8(11)4-7-2-3-13-10(7)9/h4-5H,2-3H2,1H3. The molecule has 0 aliphatic carbocycles. The van der Waals surface area contributed by atoms with Gasteiger partial charge >= 0.3 is 0 Å². The highest BCUT2D eigenvalue weighted by Gasteiger charge is 2.19. The van der Waals surface area contributed by atoms with Gasteiger partial charge in [0.2, 0.25) is 0 Å². The van der Waals surface area contributed by atoms with Crippen molar-refractivity contribution < 1.29 is 9.53 Å². The molecular weight excluding hydrogens is 279 g/mol. The van der Waals surface area contributed by atoms with Crippen LogP contribution in [0.5, 0.6) is 5.75 Å². The van der Waals surface area contributed by atoms with Gasteiger partial charge < -0.3 is 4.74 Å². The number of hydrogen-bond acceptors (Lipinski definition) is 2. The number of fused-ring (bicyclic) bond motifs is 1. The fourth-order valence-electron chi connectivity index (χ4n) is 1.53. The maximum Gasteiger partial charge on any atom is 0.163 e. The van der Waals surface area contributed by atoms with Crippen LogP contribution in [0.1, 0.15) is 22.8 Å². The zero-order valence-electron chi connectivity index (χ0n) is 7.26.